The summed E-state index contributed by atoms with van der Waals surface area (Å²) in [6, 6.07) is 0.547. The molecule has 1 aromatic heterocycles. The Morgan fingerprint density at radius 2 is 2.33 bits per heavy atom. The Hall–Kier alpha value is -0.410. The first kappa shape index (κ1) is 12.6. The Bertz CT molecular complexity index is 401. The predicted octanol–water partition coefficient (Wildman–Crippen LogP) is 3.93. The molecule has 1 N–H and O–H groups in total. The molecule has 2 fully saturated rings. The van der Waals surface area contributed by atoms with E-state index in [1.165, 1.54) is 42.0 Å². The zero-order chi connectivity index (χ0) is 12.5. The molecule has 0 saturated heterocycles. The topological polar surface area (TPSA) is 24.9 Å². The van der Waals surface area contributed by atoms with Crippen molar-refractivity contribution in [3.8, 4) is 0 Å². The smallest absolute Gasteiger partial charge is 0.0897 e. The molecule has 2 bridgehead atoms. The van der Waals surface area contributed by atoms with Gasteiger partial charge in [0.25, 0.3) is 0 Å². The molecule has 0 amide bonds. The summed E-state index contributed by atoms with van der Waals surface area (Å²) >= 11 is 1.87. The van der Waals surface area contributed by atoms with Crippen molar-refractivity contribution in [1.29, 1.82) is 0 Å². The fourth-order valence-electron chi connectivity index (χ4n) is 4.05. The molecule has 2 nitrogen and oxygen atoms in total. The van der Waals surface area contributed by atoms with E-state index in [2.05, 4.69) is 30.3 Å². The quantitative estimate of drug-likeness (QED) is 0.871. The van der Waals surface area contributed by atoms with Crippen LogP contribution in [-0.4, -0.2) is 11.5 Å². The minimum Gasteiger partial charge on any atom is -0.309 e. The zero-order valence-corrected chi connectivity index (χ0v) is 12.3. The molecule has 0 aliphatic heterocycles. The lowest BCUT2D eigenvalue weighted by Crippen LogP contribution is -2.24. The van der Waals surface area contributed by atoms with Crippen LogP contribution >= 0.6 is 11.3 Å². The maximum atomic E-state index is 4.42. The van der Waals surface area contributed by atoms with E-state index in [1.54, 1.807) is 0 Å². The maximum absolute atomic E-state index is 4.42. The van der Waals surface area contributed by atoms with Crippen molar-refractivity contribution in [2.24, 2.45) is 17.8 Å². The lowest BCUT2D eigenvalue weighted by molar-refractivity contribution is 0.282. The van der Waals surface area contributed by atoms with Crippen molar-refractivity contribution >= 4 is 11.3 Å². The largest absolute Gasteiger partial charge is 0.309 e. The summed E-state index contributed by atoms with van der Waals surface area (Å²) < 4.78 is 0. The third kappa shape index (κ3) is 2.48. The summed E-state index contributed by atoms with van der Waals surface area (Å²) in [6.07, 6.45) is 9.43. The minimum atomic E-state index is 0.547. The molecule has 0 radical (unpaired) electrons. The van der Waals surface area contributed by atoms with Crippen molar-refractivity contribution in [3.63, 3.8) is 0 Å². The number of aryl methyl sites for hydroxylation is 1. The van der Waals surface area contributed by atoms with Gasteiger partial charge in [0.2, 0.25) is 0 Å². The highest BCUT2D eigenvalue weighted by molar-refractivity contribution is 7.11. The van der Waals surface area contributed by atoms with E-state index >= 15 is 0 Å². The van der Waals surface area contributed by atoms with E-state index in [1.807, 2.05) is 11.3 Å². The van der Waals surface area contributed by atoms with Crippen LogP contribution in [0, 0.1) is 24.7 Å². The van der Waals surface area contributed by atoms with Gasteiger partial charge in [-0.2, -0.15) is 0 Å². The molecule has 2 aliphatic carbocycles. The van der Waals surface area contributed by atoms with Crippen molar-refractivity contribution < 1.29 is 0 Å². The van der Waals surface area contributed by atoms with E-state index in [0.29, 0.717) is 6.04 Å². The number of hydrogen-bond donors (Lipinski definition) is 1. The van der Waals surface area contributed by atoms with Gasteiger partial charge in [0, 0.05) is 17.1 Å². The summed E-state index contributed by atoms with van der Waals surface area (Å²) in [5, 5.41) is 4.86. The molecule has 1 heterocycles. The van der Waals surface area contributed by atoms with Gasteiger partial charge in [-0.05, 0) is 56.9 Å². The normalized spacial score (nSPS) is 32.0. The second-order valence-electron chi connectivity index (χ2n) is 6.06. The number of thiazole rings is 1. The number of rotatable bonds is 5. The molecule has 4 atom stereocenters. The first-order valence-electron chi connectivity index (χ1n) is 7.42. The first-order chi connectivity index (χ1) is 8.76. The first-order valence-corrected chi connectivity index (χ1v) is 8.23. The van der Waals surface area contributed by atoms with Crippen LogP contribution in [0.4, 0.5) is 0 Å². The number of nitrogens with zero attached hydrogens (tertiary/aromatic N) is 1. The summed E-state index contributed by atoms with van der Waals surface area (Å²) in [5.41, 5.74) is 0. The number of fused-ring (bicyclic) bond motifs is 2. The average molecular weight is 264 g/mol. The van der Waals surface area contributed by atoms with Crippen molar-refractivity contribution in [1.82, 2.24) is 10.3 Å². The van der Waals surface area contributed by atoms with E-state index < -0.39 is 0 Å². The molecule has 4 unspecified atom stereocenters. The Morgan fingerprint density at radius 1 is 1.44 bits per heavy atom. The Balaban J connectivity index is 1.67. The Morgan fingerprint density at radius 3 is 2.89 bits per heavy atom. The second kappa shape index (κ2) is 5.30. The van der Waals surface area contributed by atoms with Crippen LogP contribution in [0.25, 0.3) is 0 Å². The van der Waals surface area contributed by atoms with Gasteiger partial charge in [-0.1, -0.05) is 13.3 Å². The van der Waals surface area contributed by atoms with Crippen LogP contribution in [0.1, 0.15) is 55.0 Å². The van der Waals surface area contributed by atoms with Gasteiger partial charge in [0.1, 0.15) is 0 Å². The Labute approximate surface area is 114 Å². The standard InChI is InChI=1S/C15H24N2S/c1-3-16-14(15-9-17-10(2)18-15)8-13-7-11-4-5-12(13)6-11/h9,11-14,16H,3-8H2,1-2H3. The zero-order valence-electron chi connectivity index (χ0n) is 11.5. The Kier molecular flexibility index (Phi) is 3.71. The molecular weight excluding hydrogens is 240 g/mol. The third-order valence-electron chi connectivity index (χ3n) is 4.86. The average Bonchev–Trinajstić information content (AvgIpc) is 3.04. The highest BCUT2D eigenvalue weighted by Gasteiger charge is 2.40. The van der Waals surface area contributed by atoms with E-state index in [9.17, 15) is 0 Å². The van der Waals surface area contributed by atoms with Crippen molar-refractivity contribution in [2.45, 2.75) is 52.0 Å². The van der Waals surface area contributed by atoms with Crippen molar-refractivity contribution in [2.75, 3.05) is 6.54 Å². The van der Waals surface area contributed by atoms with Gasteiger partial charge in [0.05, 0.1) is 5.01 Å². The molecule has 0 aromatic carbocycles. The molecule has 2 aliphatic rings. The lowest BCUT2D eigenvalue weighted by atomic mass is 9.84. The number of hydrogen-bond acceptors (Lipinski definition) is 3. The van der Waals surface area contributed by atoms with Crippen molar-refractivity contribution in [3.05, 3.63) is 16.1 Å². The summed E-state index contributed by atoms with van der Waals surface area (Å²) in [5.74, 6) is 3.06. The molecule has 1 aromatic rings. The maximum Gasteiger partial charge on any atom is 0.0897 e. The summed E-state index contributed by atoms with van der Waals surface area (Å²) in [6.45, 7) is 5.37. The highest BCUT2D eigenvalue weighted by atomic mass is 32.1. The monoisotopic (exact) mass is 264 g/mol. The van der Waals surface area contributed by atoms with E-state index in [-0.39, 0.29) is 0 Å². The van der Waals surface area contributed by atoms with Gasteiger partial charge < -0.3 is 5.32 Å². The van der Waals surface area contributed by atoms with E-state index in [0.717, 1.165) is 24.3 Å². The van der Waals surface area contributed by atoms with Crippen LogP contribution in [0.2, 0.25) is 0 Å². The summed E-state index contributed by atoms with van der Waals surface area (Å²) in [7, 11) is 0. The number of aromatic nitrogens is 1. The highest BCUT2D eigenvalue weighted by Crippen LogP contribution is 2.51. The fourth-order valence-corrected chi connectivity index (χ4v) is 4.93. The minimum absolute atomic E-state index is 0.547. The molecule has 3 heteroatoms. The molecule has 3 rings (SSSR count). The van der Waals surface area contributed by atoms with Gasteiger partial charge in [-0.25, -0.2) is 4.98 Å². The summed E-state index contributed by atoms with van der Waals surface area (Å²) in [4.78, 5) is 5.86. The molecule has 18 heavy (non-hydrogen) atoms. The second-order valence-corrected chi connectivity index (χ2v) is 7.33. The van der Waals surface area contributed by atoms with Gasteiger partial charge in [-0.3, -0.25) is 0 Å². The molecular formula is C15H24N2S. The van der Waals surface area contributed by atoms with Gasteiger partial charge >= 0.3 is 0 Å². The van der Waals surface area contributed by atoms with E-state index in [4.69, 9.17) is 0 Å². The van der Waals surface area contributed by atoms with Crippen LogP contribution in [-0.2, 0) is 0 Å². The van der Waals surface area contributed by atoms with Crippen LogP contribution < -0.4 is 5.32 Å². The fraction of sp³-hybridized carbons (Fsp3) is 0.800. The van der Waals surface area contributed by atoms with Crippen LogP contribution in [0.5, 0.6) is 0 Å². The predicted molar refractivity (Wildman–Crippen MR) is 76.8 cm³/mol. The van der Waals surface area contributed by atoms with Crippen LogP contribution in [0.15, 0.2) is 6.20 Å². The molecule has 0 spiro atoms. The number of nitrogens with one attached hydrogen (secondary N) is 1. The molecule has 100 valence electrons. The SMILES string of the molecule is CCNC(CC1CC2CCC1C2)c1cnc(C)s1. The van der Waals surface area contributed by atoms with Gasteiger partial charge in [-0.15, -0.1) is 11.3 Å². The third-order valence-corrected chi connectivity index (χ3v) is 5.88. The molecule has 2 saturated carbocycles. The lowest BCUT2D eigenvalue weighted by Gasteiger charge is -2.26. The van der Waals surface area contributed by atoms with Crippen LogP contribution in [0.3, 0.4) is 0 Å². The van der Waals surface area contributed by atoms with Gasteiger partial charge in [0.15, 0.2) is 0 Å².